The van der Waals surface area contributed by atoms with E-state index in [1.807, 2.05) is 6.92 Å². The molecule has 18 heavy (non-hydrogen) atoms. The number of rotatable bonds is 3. The highest BCUT2D eigenvalue weighted by molar-refractivity contribution is 5.92. The fourth-order valence-electron chi connectivity index (χ4n) is 2.16. The van der Waals surface area contributed by atoms with E-state index in [0.29, 0.717) is 5.69 Å². The summed E-state index contributed by atoms with van der Waals surface area (Å²) in [7, 11) is 0. The van der Waals surface area contributed by atoms with Crippen molar-refractivity contribution in [3.8, 4) is 0 Å². The lowest BCUT2D eigenvalue weighted by Gasteiger charge is -2.31. The van der Waals surface area contributed by atoms with Gasteiger partial charge in [0.2, 0.25) is 0 Å². The molecule has 1 saturated heterocycles. The Morgan fingerprint density at radius 1 is 1.39 bits per heavy atom. The van der Waals surface area contributed by atoms with E-state index in [4.69, 9.17) is 0 Å². The Morgan fingerprint density at radius 2 is 2.11 bits per heavy atom. The molecule has 0 aliphatic carbocycles. The van der Waals surface area contributed by atoms with Crippen molar-refractivity contribution >= 4 is 5.91 Å². The van der Waals surface area contributed by atoms with E-state index in [2.05, 4.69) is 27.1 Å². The van der Waals surface area contributed by atoms with E-state index in [9.17, 15) is 4.79 Å². The molecule has 2 heterocycles. The van der Waals surface area contributed by atoms with Crippen LogP contribution in [0.2, 0.25) is 0 Å². The van der Waals surface area contributed by atoms with Crippen LogP contribution in [-0.2, 0) is 0 Å². The molecule has 0 radical (unpaired) electrons. The lowest BCUT2D eigenvalue weighted by atomic mass is 10.1. The van der Waals surface area contributed by atoms with Crippen LogP contribution in [0.15, 0.2) is 12.4 Å². The Kier molecular flexibility index (Phi) is 4.25. The number of aromatic nitrogens is 2. The minimum Gasteiger partial charge on any atom is -0.348 e. The summed E-state index contributed by atoms with van der Waals surface area (Å²) in [6.07, 6.45) is 5.18. The molecule has 0 spiro atoms. The first-order valence-corrected chi connectivity index (χ1v) is 6.51. The normalized spacial score (nSPS) is 17.7. The van der Waals surface area contributed by atoms with Crippen molar-refractivity contribution in [2.45, 2.75) is 32.7 Å². The van der Waals surface area contributed by atoms with Gasteiger partial charge in [0.1, 0.15) is 5.69 Å². The van der Waals surface area contributed by atoms with Gasteiger partial charge in [-0.25, -0.2) is 4.98 Å². The van der Waals surface area contributed by atoms with Crippen molar-refractivity contribution in [2.24, 2.45) is 0 Å². The minimum absolute atomic E-state index is 0.113. The van der Waals surface area contributed by atoms with Gasteiger partial charge in [0.05, 0.1) is 11.9 Å². The zero-order chi connectivity index (χ0) is 13.0. The van der Waals surface area contributed by atoms with Gasteiger partial charge >= 0.3 is 0 Å². The first-order valence-electron chi connectivity index (χ1n) is 6.51. The molecular formula is C13H20N4O. The lowest BCUT2D eigenvalue weighted by molar-refractivity contribution is 0.0907. The number of hydrogen-bond acceptors (Lipinski definition) is 4. The molecule has 0 unspecified atom stereocenters. The lowest BCUT2D eigenvalue weighted by Crippen LogP contribution is -2.44. The average molecular weight is 248 g/mol. The number of carbonyl (C=O) groups excluding carboxylic acids is 1. The Morgan fingerprint density at radius 3 is 2.67 bits per heavy atom. The maximum atomic E-state index is 11.9. The first kappa shape index (κ1) is 13.0. The van der Waals surface area contributed by atoms with Crippen LogP contribution in [0.25, 0.3) is 0 Å². The van der Waals surface area contributed by atoms with Crippen LogP contribution >= 0.6 is 0 Å². The standard InChI is InChI=1S/C13H20N4O/c1-3-17-6-4-11(5-7-17)16-13(18)12-9-14-10(2)8-15-12/h8-9,11H,3-7H2,1-2H3,(H,16,18). The Hall–Kier alpha value is -1.49. The fraction of sp³-hybridized carbons (Fsp3) is 0.615. The van der Waals surface area contributed by atoms with Gasteiger partial charge in [0, 0.05) is 25.3 Å². The molecule has 1 aliphatic heterocycles. The molecule has 1 fully saturated rings. The first-order chi connectivity index (χ1) is 8.69. The second kappa shape index (κ2) is 5.91. The molecular weight excluding hydrogens is 228 g/mol. The number of piperidine rings is 1. The van der Waals surface area contributed by atoms with E-state index in [-0.39, 0.29) is 11.9 Å². The second-order valence-corrected chi connectivity index (χ2v) is 4.73. The van der Waals surface area contributed by atoms with E-state index >= 15 is 0 Å². The highest BCUT2D eigenvalue weighted by Crippen LogP contribution is 2.10. The molecule has 0 saturated carbocycles. The van der Waals surface area contributed by atoms with Crippen molar-refractivity contribution in [1.82, 2.24) is 20.2 Å². The molecule has 1 aliphatic rings. The fourth-order valence-corrected chi connectivity index (χ4v) is 2.16. The van der Waals surface area contributed by atoms with Crippen LogP contribution < -0.4 is 5.32 Å². The smallest absolute Gasteiger partial charge is 0.271 e. The molecule has 0 aromatic carbocycles. The zero-order valence-electron chi connectivity index (χ0n) is 11.0. The van der Waals surface area contributed by atoms with Crippen LogP contribution in [0, 0.1) is 6.92 Å². The SMILES string of the molecule is CCN1CCC(NC(=O)c2cnc(C)cn2)CC1. The number of nitrogens with zero attached hydrogens (tertiary/aromatic N) is 3. The van der Waals surface area contributed by atoms with E-state index in [1.165, 1.54) is 6.20 Å². The number of aryl methyl sites for hydroxylation is 1. The average Bonchev–Trinajstić information content (AvgIpc) is 2.40. The monoisotopic (exact) mass is 248 g/mol. The third-order valence-electron chi connectivity index (χ3n) is 3.38. The Bertz CT molecular complexity index is 396. The molecule has 1 aromatic heterocycles. The highest BCUT2D eigenvalue weighted by atomic mass is 16.1. The number of hydrogen-bond donors (Lipinski definition) is 1. The van der Waals surface area contributed by atoms with Crippen molar-refractivity contribution < 1.29 is 4.79 Å². The molecule has 0 bridgehead atoms. The van der Waals surface area contributed by atoms with E-state index in [1.54, 1.807) is 6.20 Å². The predicted molar refractivity (Wildman–Crippen MR) is 69.4 cm³/mol. The Labute approximate surface area is 108 Å². The van der Waals surface area contributed by atoms with Crippen LogP contribution in [0.4, 0.5) is 0 Å². The van der Waals surface area contributed by atoms with E-state index in [0.717, 1.165) is 38.2 Å². The van der Waals surface area contributed by atoms with Gasteiger partial charge < -0.3 is 10.2 Å². The molecule has 1 aromatic rings. The molecule has 2 rings (SSSR count). The summed E-state index contributed by atoms with van der Waals surface area (Å²) in [6.45, 7) is 7.22. The molecule has 1 N–H and O–H groups in total. The van der Waals surface area contributed by atoms with Crippen LogP contribution in [0.5, 0.6) is 0 Å². The van der Waals surface area contributed by atoms with Crippen molar-refractivity contribution in [3.63, 3.8) is 0 Å². The van der Waals surface area contributed by atoms with Gasteiger partial charge in [-0.2, -0.15) is 0 Å². The summed E-state index contributed by atoms with van der Waals surface area (Å²) in [5.41, 5.74) is 1.22. The highest BCUT2D eigenvalue weighted by Gasteiger charge is 2.20. The third kappa shape index (κ3) is 3.26. The van der Waals surface area contributed by atoms with Crippen LogP contribution in [0.3, 0.4) is 0 Å². The van der Waals surface area contributed by atoms with Gasteiger partial charge in [-0.3, -0.25) is 9.78 Å². The second-order valence-electron chi connectivity index (χ2n) is 4.73. The topological polar surface area (TPSA) is 58.1 Å². The summed E-state index contributed by atoms with van der Waals surface area (Å²) in [4.78, 5) is 22.5. The predicted octanol–water partition coefficient (Wildman–Crippen LogP) is 0.999. The largest absolute Gasteiger partial charge is 0.348 e. The Balaban J connectivity index is 1.86. The van der Waals surface area contributed by atoms with Gasteiger partial charge in [-0.05, 0) is 26.3 Å². The summed E-state index contributed by atoms with van der Waals surface area (Å²) in [5, 5.41) is 3.03. The van der Waals surface area contributed by atoms with E-state index < -0.39 is 0 Å². The summed E-state index contributed by atoms with van der Waals surface area (Å²) >= 11 is 0. The minimum atomic E-state index is -0.113. The maximum Gasteiger partial charge on any atom is 0.271 e. The molecule has 1 amide bonds. The molecule has 98 valence electrons. The van der Waals surface area contributed by atoms with Crippen molar-refractivity contribution in [2.75, 3.05) is 19.6 Å². The number of likely N-dealkylation sites (tertiary alicyclic amines) is 1. The summed E-state index contributed by atoms with van der Waals surface area (Å²) in [6, 6.07) is 0.267. The number of carbonyl (C=O) groups is 1. The maximum absolute atomic E-state index is 11.9. The van der Waals surface area contributed by atoms with Gasteiger partial charge in [-0.15, -0.1) is 0 Å². The van der Waals surface area contributed by atoms with Crippen LogP contribution in [0.1, 0.15) is 35.9 Å². The van der Waals surface area contributed by atoms with Gasteiger partial charge in [-0.1, -0.05) is 6.92 Å². The number of amides is 1. The van der Waals surface area contributed by atoms with Gasteiger partial charge in [0.25, 0.3) is 5.91 Å². The molecule has 5 heteroatoms. The van der Waals surface area contributed by atoms with Crippen LogP contribution in [-0.4, -0.2) is 46.5 Å². The summed E-state index contributed by atoms with van der Waals surface area (Å²) < 4.78 is 0. The molecule has 5 nitrogen and oxygen atoms in total. The number of nitrogens with one attached hydrogen (secondary N) is 1. The molecule has 0 atom stereocenters. The van der Waals surface area contributed by atoms with Crippen molar-refractivity contribution in [1.29, 1.82) is 0 Å². The van der Waals surface area contributed by atoms with Gasteiger partial charge in [0.15, 0.2) is 0 Å². The van der Waals surface area contributed by atoms with Crippen molar-refractivity contribution in [3.05, 3.63) is 23.8 Å². The zero-order valence-corrected chi connectivity index (χ0v) is 11.0. The third-order valence-corrected chi connectivity index (χ3v) is 3.38. The summed E-state index contributed by atoms with van der Waals surface area (Å²) in [5.74, 6) is -0.113. The quantitative estimate of drug-likeness (QED) is 0.867.